The van der Waals surface area contributed by atoms with Crippen LogP contribution in [0.15, 0.2) is 35.2 Å². The summed E-state index contributed by atoms with van der Waals surface area (Å²) < 4.78 is 13.3. The fraction of sp³-hybridized carbons (Fsp3) is 0.412. The predicted octanol–water partition coefficient (Wildman–Crippen LogP) is 2.49. The Labute approximate surface area is 138 Å². The molecule has 4 rings (SSSR count). The maximum Gasteiger partial charge on any atom is 0.273 e. The van der Waals surface area contributed by atoms with Crippen LogP contribution in [0.4, 0.5) is 4.39 Å². The van der Waals surface area contributed by atoms with Gasteiger partial charge in [-0.2, -0.15) is 0 Å². The smallest absolute Gasteiger partial charge is 0.273 e. The SMILES string of the molecule is O=C(c1cscn1)N1CC2CN(Cc3cccc(F)c3)CC2C1. The van der Waals surface area contributed by atoms with E-state index in [0.29, 0.717) is 17.5 Å². The first-order valence-electron chi connectivity index (χ1n) is 7.83. The van der Waals surface area contributed by atoms with E-state index in [1.54, 1.807) is 17.6 Å². The molecule has 4 nitrogen and oxygen atoms in total. The molecule has 2 atom stereocenters. The van der Waals surface area contributed by atoms with Crippen LogP contribution in [-0.2, 0) is 6.54 Å². The number of thiazole rings is 1. The molecule has 2 fully saturated rings. The van der Waals surface area contributed by atoms with Crippen LogP contribution in [0.1, 0.15) is 16.1 Å². The van der Waals surface area contributed by atoms with E-state index in [1.807, 2.05) is 16.3 Å². The van der Waals surface area contributed by atoms with Crippen LogP contribution in [0.3, 0.4) is 0 Å². The summed E-state index contributed by atoms with van der Waals surface area (Å²) in [5, 5.41) is 1.81. The highest BCUT2D eigenvalue weighted by Crippen LogP contribution is 2.32. The molecule has 1 aromatic carbocycles. The fourth-order valence-corrected chi connectivity index (χ4v) is 4.28. The molecule has 2 unspecified atom stereocenters. The number of likely N-dealkylation sites (tertiary alicyclic amines) is 2. The van der Waals surface area contributed by atoms with Crippen molar-refractivity contribution in [1.29, 1.82) is 0 Å². The van der Waals surface area contributed by atoms with Gasteiger partial charge in [0, 0.05) is 38.1 Å². The van der Waals surface area contributed by atoms with Gasteiger partial charge in [0.1, 0.15) is 11.5 Å². The van der Waals surface area contributed by atoms with Crippen molar-refractivity contribution >= 4 is 17.2 Å². The number of hydrogen-bond donors (Lipinski definition) is 0. The van der Waals surface area contributed by atoms with Gasteiger partial charge in [0.05, 0.1) is 5.51 Å². The van der Waals surface area contributed by atoms with E-state index < -0.39 is 0 Å². The lowest BCUT2D eigenvalue weighted by Crippen LogP contribution is -2.33. The number of carbonyl (C=O) groups is 1. The van der Waals surface area contributed by atoms with Crippen molar-refractivity contribution in [3.8, 4) is 0 Å². The summed E-state index contributed by atoms with van der Waals surface area (Å²) in [5.74, 6) is 0.913. The Balaban J connectivity index is 1.36. The van der Waals surface area contributed by atoms with E-state index >= 15 is 0 Å². The van der Waals surface area contributed by atoms with E-state index in [0.717, 1.165) is 38.3 Å². The Bertz CT molecular complexity index is 692. The van der Waals surface area contributed by atoms with Crippen LogP contribution in [-0.4, -0.2) is 46.9 Å². The van der Waals surface area contributed by atoms with Crippen molar-refractivity contribution in [2.45, 2.75) is 6.54 Å². The number of rotatable bonds is 3. The van der Waals surface area contributed by atoms with Gasteiger partial charge in [0.2, 0.25) is 0 Å². The van der Waals surface area contributed by atoms with Crippen LogP contribution >= 0.6 is 11.3 Å². The van der Waals surface area contributed by atoms with E-state index in [4.69, 9.17) is 0 Å². The second-order valence-electron chi connectivity index (χ2n) is 6.43. The predicted molar refractivity (Wildman–Crippen MR) is 86.7 cm³/mol. The van der Waals surface area contributed by atoms with Gasteiger partial charge >= 0.3 is 0 Å². The summed E-state index contributed by atoms with van der Waals surface area (Å²) in [4.78, 5) is 20.8. The van der Waals surface area contributed by atoms with E-state index in [-0.39, 0.29) is 11.7 Å². The third-order valence-electron chi connectivity index (χ3n) is 4.80. The molecule has 2 aromatic rings. The minimum Gasteiger partial charge on any atom is -0.337 e. The highest BCUT2D eigenvalue weighted by molar-refractivity contribution is 7.07. The number of fused-ring (bicyclic) bond motifs is 1. The number of hydrogen-bond acceptors (Lipinski definition) is 4. The van der Waals surface area contributed by atoms with Crippen molar-refractivity contribution < 1.29 is 9.18 Å². The van der Waals surface area contributed by atoms with Gasteiger partial charge in [0.15, 0.2) is 0 Å². The van der Waals surface area contributed by atoms with Gasteiger partial charge in [-0.05, 0) is 29.5 Å². The van der Waals surface area contributed by atoms with Crippen LogP contribution < -0.4 is 0 Å². The number of nitrogens with zero attached hydrogens (tertiary/aromatic N) is 3. The molecule has 0 bridgehead atoms. The summed E-state index contributed by atoms with van der Waals surface area (Å²) in [7, 11) is 0. The van der Waals surface area contributed by atoms with Crippen molar-refractivity contribution in [1.82, 2.24) is 14.8 Å². The largest absolute Gasteiger partial charge is 0.337 e. The van der Waals surface area contributed by atoms with Gasteiger partial charge in [0.25, 0.3) is 5.91 Å². The first kappa shape index (κ1) is 14.8. The second-order valence-corrected chi connectivity index (χ2v) is 7.15. The summed E-state index contributed by atoms with van der Waals surface area (Å²) in [6.45, 7) is 4.34. The average molecular weight is 331 g/mol. The molecule has 0 radical (unpaired) electrons. The minimum atomic E-state index is -0.179. The van der Waals surface area contributed by atoms with Crippen molar-refractivity contribution in [3.05, 3.63) is 52.2 Å². The van der Waals surface area contributed by atoms with Crippen LogP contribution in [0.25, 0.3) is 0 Å². The normalized spacial score (nSPS) is 24.1. The van der Waals surface area contributed by atoms with Gasteiger partial charge in [-0.3, -0.25) is 9.69 Å². The Kier molecular flexibility index (Phi) is 3.87. The van der Waals surface area contributed by atoms with Gasteiger partial charge in [-0.15, -0.1) is 11.3 Å². The van der Waals surface area contributed by atoms with Crippen LogP contribution in [0, 0.1) is 17.7 Å². The zero-order chi connectivity index (χ0) is 15.8. The fourth-order valence-electron chi connectivity index (χ4n) is 3.76. The molecule has 0 saturated carbocycles. The monoisotopic (exact) mass is 331 g/mol. The van der Waals surface area contributed by atoms with E-state index in [9.17, 15) is 9.18 Å². The molecular weight excluding hydrogens is 313 g/mol. The van der Waals surface area contributed by atoms with Crippen LogP contribution in [0.5, 0.6) is 0 Å². The summed E-state index contributed by atoms with van der Waals surface area (Å²) >= 11 is 1.45. The lowest BCUT2D eigenvalue weighted by molar-refractivity contribution is 0.0768. The maximum atomic E-state index is 13.3. The maximum absolute atomic E-state index is 13.3. The highest BCUT2D eigenvalue weighted by Gasteiger charge is 2.41. The Morgan fingerprint density at radius 1 is 1.26 bits per heavy atom. The average Bonchev–Trinajstić information content (AvgIpc) is 3.22. The minimum absolute atomic E-state index is 0.0531. The molecule has 2 saturated heterocycles. The molecule has 1 aromatic heterocycles. The second kappa shape index (κ2) is 6.02. The van der Waals surface area contributed by atoms with Crippen molar-refractivity contribution in [3.63, 3.8) is 0 Å². The first-order valence-corrected chi connectivity index (χ1v) is 8.77. The quantitative estimate of drug-likeness (QED) is 0.867. The van der Waals surface area contributed by atoms with Crippen molar-refractivity contribution in [2.75, 3.05) is 26.2 Å². The third-order valence-corrected chi connectivity index (χ3v) is 5.38. The zero-order valence-electron chi connectivity index (χ0n) is 12.7. The number of benzene rings is 1. The lowest BCUT2D eigenvalue weighted by Gasteiger charge is -2.21. The highest BCUT2D eigenvalue weighted by atomic mass is 32.1. The molecule has 23 heavy (non-hydrogen) atoms. The molecule has 0 N–H and O–H groups in total. The number of halogens is 1. The lowest BCUT2D eigenvalue weighted by atomic mass is 10.0. The molecule has 120 valence electrons. The Morgan fingerprint density at radius 2 is 2.04 bits per heavy atom. The number of carbonyl (C=O) groups excluding carboxylic acids is 1. The molecule has 0 aliphatic carbocycles. The summed E-state index contributed by atoms with van der Waals surface area (Å²) in [5.41, 5.74) is 3.28. The molecule has 3 heterocycles. The molecule has 0 spiro atoms. The topological polar surface area (TPSA) is 36.4 Å². The zero-order valence-corrected chi connectivity index (χ0v) is 13.5. The summed E-state index contributed by atoms with van der Waals surface area (Å²) in [6, 6.07) is 6.81. The molecular formula is C17H18FN3OS. The van der Waals surface area contributed by atoms with E-state index in [1.165, 1.54) is 17.4 Å². The van der Waals surface area contributed by atoms with Crippen LogP contribution in [0.2, 0.25) is 0 Å². The molecule has 2 aliphatic rings. The molecule has 6 heteroatoms. The first-order chi connectivity index (χ1) is 11.2. The third kappa shape index (κ3) is 3.01. The Morgan fingerprint density at radius 3 is 2.70 bits per heavy atom. The number of amides is 1. The molecule has 2 aliphatic heterocycles. The van der Waals surface area contributed by atoms with Gasteiger partial charge in [-0.25, -0.2) is 9.37 Å². The van der Waals surface area contributed by atoms with Gasteiger partial charge in [-0.1, -0.05) is 12.1 Å². The van der Waals surface area contributed by atoms with E-state index in [2.05, 4.69) is 9.88 Å². The Hall–Kier alpha value is -1.79. The molecule has 1 amide bonds. The number of aromatic nitrogens is 1. The van der Waals surface area contributed by atoms with Crippen molar-refractivity contribution in [2.24, 2.45) is 11.8 Å². The standard InChI is InChI=1S/C17H18FN3OS/c18-15-3-1-2-12(4-15)5-20-6-13-8-21(9-14(13)7-20)17(22)16-10-23-11-19-16/h1-4,10-11,13-14H,5-9H2. The summed E-state index contributed by atoms with van der Waals surface area (Å²) in [6.07, 6.45) is 0. The van der Waals surface area contributed by atoms with Gasteiger partial charge < -0.3 is 4.90 Å².